The van der Waals surface area contributed by atoms with E-state index >= 15 is 0 Å². The molecule has 0 aliphatic heterocycles. The van der Waals surface area contributed by atoms with Crippen molar-refractivity contribution in [1.82, 2.24) is 4.98 Å². The van der Waals surface area contributed by atoms with Gasteiger partial charge in [0.25, 0.3) is 0 Å². The lowest BCUT2D eigenvalue weighted by atomic mass is 10.1. The Bertz CT molecular complexity index is 535. The molecule has 0 spiro atoms. The molecule has 2 rings (SSSR count). The third-order valence-electron chi connectivity index (χ3n) is 2.51. The molecule has 2 aromatic rings. The molecular formula is C13H11F2N. The Labute approximate surface area is 92.8 Å². The Morgan fingerprint density at radius 3 is 2.50 bits per heavy atom. The number of nitrogens with zero attached hydrogens (tertiary/aromatic N) is 1. The first-order valence-electron chi connectivity index (χ1n) is 4.97. The van der Waals surface area contributed by atoms with E-state index in [2.05, 4.69) is 4.98 Å². The van der Waals surface area contributed by atoms with Crippen LogP contribution in [0, 0.1) is 25.5 Å². The second-order valence-corrected chi connectivity index (χ2v) is 3.75. The topological polar surface area (TPSA) is 12.9 Å². The Morgan fingerprint density at radius 1 is 1.06 bits per heavy atom. The highest BCUT2D eigenvalue weighted by Gasteiger charge is 2.12. The van der Waals surface area contributed by atoms with Crippen LogP contribution in [-0.2, 0) is 0 Å². The van der Waals surface area contributed by atoms with Crippen molar-refractivity contribution in [3.05, 3.63) is 53.2 Å². The molecule has 0 radical (unpaired) electrons. The quantitative estimate of drug-likeness (QED) is 0.713. The van der Waals surface area contributed by atoms with Gasteiger partial charge < -0.3 is 0 Å². The summed E-state index contributed by atoms with van der Waals surface area (Å²) in [5.41, 5.74) is 1.88. The van der Waals surface area contributed by atoms with E-state index in [0.29, 0.717) is 11.3 Å². The fourth-order valence-corrected chi connectivity index (χ4v) is 1.54. The summed E-state index contributed by atoms with van der Waals surface area (Å²) < 4.78 is 26.9. The van der Waals surface area contributed by atoms with Crippen LogP contribution >= 0.6 is 0 Å². The number of benzene rings is 1. The summed E-state index contributed by atoms with van der Waals surface area (Å²) >= 11 is 0. The van der Waals surface area contributed by atoms with Crippen LogP contribution in [0.1, 0.15) is 11.1 Å². The van der Waals surface area contributed by atoms with Gasteiger partial charge in [0.05, 0.1) is 5.69 Å². The van der Waals surface area contributed by atoms with Gasteiger partial charge in [-0.05, 0) is 43.7 Å². The normalized spacial score (nSPS) is 10.5. The molecule has 1 heterocycles. The van der Waals surface area contributed by atoms with Crippen molar-refractivity contribution >= 4 is 0 Å². The van der Waals surface area contributed by atoms with Crippen molar-refractivity contribution in [3.63, 3.8) is 0 Å². The molecular weight excluding hydrogens is 208 g/mol. The zero-order valence-corrected chi connectivity index (χ0v) is 9.09. The molecule has 0 bridgehead atoms. The molecule has 0 fully saturated rings. The van der Waals surface area contributed by atoms with E-state index in [0.717, 1.165) is 5.56 Å². The third kappa shape index (κ3) is 1.81. The number of hydrogen-bond donors (Lipinski definition) is 0. The number of rotatable bonds is 1. The number of hydrogen-bond acceptors (Lipinski definition) is 1. The average molecular weight is 219 g/mol. The molecule has 82 valence electrons. The van der Waals surface area contributed by atoms with Gasteiger partial charge in [0.15, 0.2) is 0 Å². The molecule has 0 atom stereocenters. The first-order valence-corrected chi connectivity index (χ1v) is 4.97. The highest BCUT2D eigenvalue weighted by Crippen LogP contribution is 2.25. The van der Waals surface area contributed by atoms with Crippen LogP contribution in [0.4, 0.5) is 8.78 Å². The Kier molecular flexibility index (Phi) is 2.69. The van der Waals surface area contributed by atoms with Crippen molar-refractivity contribution in [3.8, 4) is 11.3 Å². The van der Waals surface area contributed by atoms with Crippen molar-refractivity contribution in [2.75, 3.05) is 0 Å². The number of aromatic nitrogens is 1. The van der Waals surface area contributed by atoms with Gasteiger partial charge in [-0.2, -0.15) is 0 Å². The van der Waals surface area contributed by atoms with Crippen molar-refractivity contribution in [1.29, 1.82) is 0 Å². The molecule has 0 aliphatic rings. The second kappa shape index (κ2) is 4.00. The largest absolute Gasteiger partial charge is 0.256 e. The molecule has 0 N–H and O–H groups in total. The van der Waals surface area contributed by atoms with Gasteiger partial charge >= 0.3 is 0 Å². The molecule has 3 heteroatoms. The van der Waals surface area contributed by atoms with E-state index in [4.69, 9.17) is 0 Å². The van der Waals surface area contributed by atoms with Gasteiger partial charge in [-0.3, -0.25) is 4.98 Å². The maximum absolute atomic E-state index is 13.8. The van der Waals surface area contributed by atoms with Gasteiger partial charge in [-0.1, -0.05) is 0 Å². The molecule has 0 saturated carbocycles. The maximum Gasteiger partial charge on any atom is 0.138 e. The first kappa shape index (κ1) is 10.7. The zero-order chi connectivity index (χ0) is 11.7. The molecule has 1 aromatic carbocycles. The van der Waals surface area contributed by atoms with Crippen molar-refractivity contribution in [2.24, 2.45) is 0 Å². The summed E-state index contributed by atoms with van der Waals surface area (Å²) in [4.78, 5) is 4.08. The smallest absolute Gasteiger partial charge is 0.138 e. The van der Waals surface area contributed by atoms with Gasteiger partial charge in [0, 0.05) is 17.3 Å². The molecule has 1 aromatic heterocycles. The minimum Gasteiger partial charge on any atom is -0.256 e. The Hall–Kier alpha value is -1.77. The summed E-state index contributed by atoms with van der Waals surface area (Å²) in [7, 11) is 0. The fourth-order valence-electron chi connectivity index (χ4n) is 1.54. The second-order valence-electron chi connectivity index (χ2n) is 3.75. The molecule has 0 unspecified atom stereocenters. The van der Waals surface area contributed by atoms with Gasteiger partial charge in [0.1, 0.15) is 11.6 Å². The highest BCUT2D eigenvalue weighted by atomic mass is 19.1. The summed E-state index contributed by atoms with van der Waals surface area (Å²) in [5.74, 6) is -1.08. The van der Waals surface area contributed by atoms with Crippen LogP contribution in [0.2, 0.25) is 0 Å². The maximum atomic E-state index is 13.8. The summed E-state index contributed by atoms with van der Waals surface area (Å²) in [5, 5.41) is 0. The van der Waals surface area contributed by atoms with E-state index in [1.807, 2.05) is 13.0 Å². The summed E-state index contributed by atoms with van der Waals surface area (Å²) in [6.07, 6.45) is 1.61. The van der Waals surface area contributed by atoms with Crippen LogP contribution in [0.3, 0.4) is 0 Å². The standard InChI is InChI=1S/C13H11F2N/c1-8-5-6-16-12(7-8)10-3-4-11(14)9(2)13(10)15/h3-7H,1-2H3. The molecule has 16 heavy (non-hydrogen) atoms. The lowest BCUT2D eigenvalue weighted by Gasteiger charge is -2.06. The first-order chi connectivity index (χ1) is 7.59. The number of pyridine rings is 1. The van der Waals surface area contributed by atoms with Crippen molar-refractivity contribution < 1.29 is 8.78 Å². The van der Waals surface area contributed by atoms with E-state index in [9.17, 15) is 8.78 Å². The zero-order valence-electron chi connectivity index (χ0n) is 9.09. The third-order valence-corrected chi connectivity index (χ3v) is 2.51. The summed E-state index contributed by atoms with van der Waals surface area (Å²) in [6, 6.07) is 6.28. The lowest BCUT2D eigenvalue weighted by Crippen LogP contribution is -1.94. The van der Waals surface area contributed by atoms with Gasteiger partial charge in [-0.25, -0.2) is 8.78 Å². The lowest BCUT2D eigenvalue weighted by molar-refractivity contribution is 0.570. The van der Waals surface area contributed by atoms with Gasteiger partial charge in [-0.15, -0.1) is 0 Å². The molecule has 1 nitrogen and oxygen atoms in total. The van der Waals surface area contributed by atoms with E-state index in [1.165, 1.54) is 19.1 Å². The minimum atomic E-state index is -0.543. The molecule has 0 saturated heterocycles. The van der Waals surface area contributed by atoms with Crippen molar-refractivity contribution in [2.45, 2.75) is 13.8 Å². The highest BCUT2D eigenvalue weighted by molar-refractivity contribution is 5.61. The molecule has 0 amide bonds. The van der Waals surface area contributed by atoms with Gasteiger partial charge in [0.2, 0.25) is 0 Å². The van der Waals surface area contributed by atoms with Crippen LogP contribution in [0.25, 0.3) is 11.3 Å². The van der Waals surface area contributed by atoms with Crippen LogP contribution < -0.4 is 0 Å². The number of halogens is 2. The van der Waals surface area contributed by atoms with E-state index in [-0.39, 0.29) is 5.56 Å². The van der Waals surface area contributed by atoms with Crippen LogP contribution in [-0.4, -0.2) is 4.98 Å². The monoisotopic (exact) mass is 219 g/mol. The predicted octanol–water partition coefficient (Wildman–Crippen LogP) is 3.64. The van der Waals surface area contributed by atoms with E-state index < -0.39 is 11.6 Å². The minimum absolute atomic E-state index is 0.0285. The summed E-state index contributed by atoms with van der Waals surface area (Å²) in [6.45, 7) is 3.32. The number of aryl methyl sites for hydroxylation is 1. The Morgan fingerprint density at radius 2 is 1.81 bits per heavy atom. The Balaban J connectivity index is 2.61. The molecule has 0 aliphatic carbocycles. The SMILES string of the molecule is Cc1ccnc(-c2ccc(F)c(C)c2F)c1. The fraction of sp³-hybridized carbons (Fsp3) is 0.154. The predicted molar refractivity (Wildman–Crippen MR) is 59.1 cm³/mol. The van der Waals surface area contributed by atoms with E-state index in [1.54, 1.807) is 12.3 Å². The van der Waals surface area contributed by atoms with Crippen LogP contribution in [0.15, 0.2) is 30.5 Å². The van der Waals surface area contributed by atoms with Crippen LogP contribution in [0.5, 0.6) is 0 Å². The average Bonchev–Trinajstić information content (AvgIpc) is 2.26.